The van der Waals surface area contributed by atoms with Gasteiger partial charge in [0, 0.05) is 55.1 Å². The number of nitrogens with zero attached hydrogens (tertiary/aromatic N) is 2. The van der Waals surface area contributed by atoms with E-state index in [9.17, 15) is 33.9 Å². The van der Waals surface area contributed by atoms with Crippen molar-refractivity contribution in [2.24, 2.45) is 10.8 Å². The van der Waals surface area contributed by atoms with Gasteiger partial charge in [-0.1, -0.05) is 74.0 Å². The van der Waals surface area contributed by atoms with Crippen LogP contribution in [0, 0.1) is 10.8 Å². The Morgan fingerprint density at radius 2 is 1.36 bits per heavy atom. The molecule has 0 saturated heterocycles. The number of amides is 5. The maximum Gasteiger partial charge on any atom is 0.410 e. The van der Waals surface area contributed by atoms with Crippen LogP contribution in [0.15, 0.2) is 71.3 Å². The SMILES string of the molecule is CC1=C2C(=CC(C)(C)[C@@H]2OC(=O)N(C)CCN(C)C(=O)CNC(=O)CNC(=O)CNC(=O)OCC2c3ccccc3-c3ccccc32)C(=O)[C@](C)(O)C12CC2. The lowest BCUT2D eigenvalue weighted by molar-refractivity contribution is -0.138. The number of carbonyl (C=O) groups is 6. The molecule has 6 rings (SSSR count). The molecule has 2 atom stereocenters. The first-order valence-electron chi connectivity index (χ1n) is 18.5. The van der Waals surface area contributed by atoms with E-state index >= 15 is 0 Å². The molecule has 1 saturated carbocycles. The standard InChI is InChI=1S/C41H49N5O9/c1-24-34-29(35(50)40(4,53)41(24)15-16-41)19-39(2,3)36(34)55-38(52)46(6)18-17-45(5)33(49)22-43-31(47)20-42-32(48)21-44-37(51)54-23-30-27-13-9-7-11-25(27)26-12-8-10-14-28(26)30/h7-14,19,30,36,53H,15-18,20-23H2,1-6H3,(H,42,48)(H,43,47)(H,44,51)/t36-,40+/m1/s1. The van der Waals surface area contributed by atoms with E-state index < -0.39 is 65.5 Å². The molecular formula is C41H49N5O9. The Kier molecular flexibility index (Phi) is 10.7. The molecule has 0 bridgehead atoms. The molecule has 4 aliphatic rings. The van der Waals surface area contributed by atoms with Crippen LogP contribution in [0.4, 0.5) is 9.59 Å². The summed E-state index contributed by atoms with van der Waals surface area (Å²) in [5.41, 5.74) is 3.46. The number of carbonyl (C=O) groups excluding carboxylic acids is 6. The molecule has 292 valence electrons. The Balaban J connectivity index is 0.879. The van der Waals surface area contributed by atoms with E-state index in [0.29, 0.717) is 24.0 Å². The maximum absolute atomic E-state index is 13.3. The number of ketones is 1. The van der Waals surface area contributed by atoms with Gasteiger partial charge in [-0.3, -0.25) is 19.2 Å². The fraction of sp³-hybridized carbons (Fsp3) is 0.463. The summed E-state index contributed by atoms with van der Waals surface area (Å²) in [4.78, 5) is 79.0. The highest BCUT2D eigenvalue weighted by molar-refractivity contribution is 6.09. The zero-order chi connectivity index (χ0) is 39.9. The van der Waals surface area contributed by atoms with E-state index in [1.165, 1.54) is 16.8 Å². The fourth-order valence-corrected chi connectivity index (χ4v) is 8.05. The average molecular weight is 756 g/mol. The van der Waals surface area contributed by atoms with Crippen LogP contribution in [0.3, 0.4) is 0 Å². The predicted octanol–water partition coefficient (Wildman–Crippen LogP) is 3.05. The summed E-state index contributed by atoms with van der Waals surface area (Å²) in [6.07, 6.45) is 1.06. The quantitative estimate of drug-likeness (QED) is 0.253. The van der Waals surface area contributed by atoms with E-state index in [1.54, 1.807) is 20.0 Å². The Morgan fingerprint density at radius 3 is 1.96 bits per heavy atom. The first-order chi connectivity index (χ1) is 26.0. The summed E-state index contributed by atoms with van der Waals surface area (Å²) in [5, 5.41) is 18.4. The number of alkyl carbamates (subject to hydrolysis) is 1. The number of rotatable bonds is 12. The number of benzene rings is 2. The summed E-state index contributed by atoms with van der Waals surface area (Å²) in [7, 11) is 3.08. The van der Waals surface area contributed by atoms with Crippen LogP contribution < -0.4 is 16.0 Å². The van der Waals surface area contributed by atoms with Crippen LogP contribution in [-0.4, -0.2) is 116 Å². The average Bonchev–Trinajstić information content (AvgIpc) is 3.87. The lowest BCUT2D eigenvalue weighted by Gasteiger charge is -2.40. The number of fused-ring (bicyclic) bond motifs is 4. The topological polar surface area (TPSA) is 184 Å². The van der Waals surface area contributed by atoms with Crippen molar-refractivity contribution in [3.63, 3.8) is 0 Å². The highest BCUT2D eigenvalue weighted by Crippen LogP contribution is 2.65. The minimum atomic E-state index is -1.50. The van der Waals surface area contributed by atoms with Gasteiger partial charge in [0.25, 0.3) is 0 Å². The number of nitrogens with one attached hydrogen (secondary N) is 3. The summed E-state index contributed by atoms with van der Waals surface area (Å²) < 4.78 is 11.4. The van der Waals surface area contributed by atoms with Gasteiger partial charge in [0.2, 0.25) is 17.7 Å². The number of hydrogen-bond acceptors (Lipinski definition) is 9. The summed E-state index contributed by atoms with van der Waals surface area (Å²) >= 11 is 0. The Labute approximate surface area is 320 Å². The van der Waals surface area contributed by atoms with E-state index in [0.717, 1.165) is 27.8 Å². The van der Waals surface area contributed by atoms with Gasteiger partial charge >= 0.3 is 12.2 Å². The molecule has 0 aliphatic heterocycles. The van der Waals surface area contributed by atoms with Gasteiger partial charge in [-0.05, 0) is 48.9 Å². The molecular weight excluding hydrogens is 706 g/mol. The molecule has 14 nitrogen and oxygen atoms in total. The highest BCUT2D eigenvalue weighted by Gasteiger charge is 2.66. The second kappa shape index (κ2) is 15.0. The third kappa shape index (κ3) is 7.47. The Morgan fingerprint density at radius 1 is 0.818 bits per heavy atom. The third-order valence-corrected chi connectivity index (χ3v) is 11.6. The van der Waals surface area contributed by atoms with E-state index in [-0.39, 0.29) is 37.9 Å². The maximum atomic E-state index is 13.3. The Bertz CT molecular complexity index is 1950. The van der Waals surface area contributed by atoms with Gasteiger partial charge in [0.15, 0.2) is 5.78 Å². The summed E-state index contributed by atoms with van der Waals surface area (Å²) in [6, 6.07) is 15.9. The van der Waals surface area contributed by atoms with Crippen molar-refractivity contribution in [3.8, 4) is 11.1 Å². The molecule has 5 amide bonds. The van der Waals surface area contributed by atoms with Gasteiger partial charge < -0.3 is 40.3 Å². The van der Waals surface area contributed by atoms with Crippen LogP contribution in [0.25, 0.3) is 11.1 Å². The van der Waals surface area contributed by atoms with Gasteiger partial charge in [-0.25, -0.2) is 9.59 Å². The first kappa shape index (κ1) is 39.2. The lowest BCUT2D eigenvalue weighted by Crippen LogP contribution is -2.50. The smallest absolute Gasteiger partial charge is 0.410 e. The zero-order valence-corrected chi connectivity index (χ0v) is 32.1. The van der Waals surface area contributed by atoms with Crippen molar-refractivity contribution in [1.82, 2.24) is 25.8 Å². The van der Waals surface area contributed by atoms with Crippen molar-refractivity contribution >= 4 is 35.7 Å². The highest BCUT2D eigenvalue weighted by atomic mass is 16.6. The summed E-state index contributed by atoms with van der Waals surface area (Å²) in [5.74, 6) is -2.12. The number of likely N-dealkylation sites (N-methyl/N-ethyl adjacent to an activating group) is 2. The van der Waals surface area contributed by atoms with E-state index in [1.807, 2.05) is 69.3 Å². The number of aliphatic hydroxyl groups is 1. The molecule has 4 aliphatic carbocycles. The molecule has 2 aromatic carbocycles. The molecule has 0 radical (unpaired) electrons. The molecule has 0 unspecified atom stereocenters. The molecule has 1 fully saturated rings. The lowest BCUT2D eigenvalue weighted by atomic mass is 9.67. The van der Waals surface area contributed by atoms with Gasteiger partial charge in [0.1, 0.15) is 24.9 Å². The first-order valence-corrected chi connectivity index (χ1v) is 18.5. The molecule has 1 spiro atoms. The van der Waals surface area contributed by atoms with Crippen LogP contribution in [0.1, 0.15) is 57.6 Å². The van der Waals surface area contributed by atoms with Crippen molar-refractivity contribution < 1.29 is 43.3 Å². The number of hydrogen-bond donors (Lipinski definition) is 4. The van der Waals surface area contributed by atoms with Gasteiger partial charge in [-0.15, -0.1) is 0 Å². The predicted molar refractivity (Wildman–Crippen MR) is 201 cm³/mol. The van der Waals surface area contributed by atoms with Crippen LogP contribution in [0.5, 0.6) is 0 Å². The van der Waals surface area contributed by atoms with Crippen molar-refractivity contribution in [2.75, 3.05) is 53.4 Å². The Hall–Kier alpha value is -5.50. The third-order valence-electron chi connectivity index (χ3n) is 11.6. The van der Waals surface area contributed by atoms with Crippen LogP contribution >= 0.6 is 0 Å². The van der Waals surface area contributed by atoms with Gasteiger partial charge in [0.05, 0.1) is 13.1 Å². The molecule has 4 N–H and O–H groups in total. The van der Waals surface area contributed by atoms with E-state index in [2.05, 4.69) is 16.0 Å². The largest absolute Gasteiger partial charge is 0.449 e. The molecule has 55 heavy (non-hydrogen) atoms. The van der Waals surface area contributed by atoms with Gasteiger partial charge in [-0.2, -0.15) is 0 Å². The monoisotopic (exact) mass is 755 g/mol. The molecule has 2 aromatic rings. The van der Waals surface area contributed by atoms with Crippen molar-refractivity contribution in [3.05, 3.63) is 82.5 Å². The molecule has 0 heterocycles. The molecule has 14 heteroatoms. The second-order valence-corrected chi connectivity index (χ2v) is 15.6. The van der Waals surface area contributed by atoms with Crippen molar-refractivity contribution in [2.45, 2.75) is 58.2 Å². The normalized spacial score (nSPS) is 21.1. The van der Waals surface area contributed by atoms with Crippen LogP contribution in [-0.2, 0) is 28.7 Å². The number of ether oxygens (including phenoxy) is 2. The summed E-state index contributed by atoms with van der Waals surface area (Å²) in [6.45, 7) is 6.45. The van der Waals surface area contributed by atoms with Crippen molar-refractivity contribution in [1.29, 1.82) is 0 Å². The zero-order valence-electron chi connectivity index (χ0n) is 32.1. The molecule has 0 aromatic heterocycles. The van der Waals surface area contributed by atoms with Crippen LogP contribution in [0.2, 0.25) is 0 Å². The fourth-order valence-electron chi connectivity index (χ4n) is 8.05. The van der Waals surface area contributed by atoms with E-state index in [4.69, 9.17) is 9.47 Å². The minimum absolute atomic E-state index is 0.0948. The number of Topliss-reactive ketones (excluding diaryl/α,β-unsaturated/α-hetero) is 1. The second-order valence-electron chi connectivity index (χ2n) is 15.6. The minimum Gasteiger partial charge on any atom is -0.449 e.